The SMILES string of the molecule is CCCCCCCCCCCC(=O)O.CCCCCCCCCCCC(CCCCCCCCCCC)(CCCCCCCCCCC)CCCCCCCCCCC(=O)O.CCCCCCCCCCCCCCCCCCCCCCCCCCCCCCO. The van der Waals surface area contributed by atoms with Crippen LogP contribution in [0.2, 0.25) is 0 Å². The number of hydrogen-bond donors (Lipinski definition) is 3. The van der Waals surface area contributed by atoms with Crippen molar-refractivity contribution in [1.82, 2.24) is 0 Å². The average Bonchev–Trinajstić information content (AvgIpc) is 3.44. The Morgan fingerprint density at radius 1 is 0.185 bits per heavy atom. The van der Waals surface area contributed by atoms with Gasteiger partial charge in [-0.1, -0.05) is 478 Å². The lowest BCUT2D eigenvalue weighted by Crippen LogP contribution is -2.21. The maximum Gasteiger partial charge on any atom is 0.303 e. The fourth-order valence-corrected chi connectivity index (χ4v) is 14.4. The fraction of sp³-hybridized carbons (Fsp3) is 0.977. The van der Waals surface area contributed by atoms with E-state index in [9.17, 15) is 9.59 Å². The van der Waals surface area contributed by atoms with Crippen molar-refractivity contribution >= 4 is 11.9 Å². The van der Waals surface area contributed by atoms with E-state index >= 15 is 0 Å². The maximum absolute atomic E-state index is 10.8. The Balaban J connectivity index is -0.00000150. The van der Waals surface area contributed by atoms with Crippen LogP contribution in [0.3, 0.4) is 0 Å². The zero-order valence-corrected chi connectivity index (χ0v) is 64.5. The minimum absolute atomic E-state index is 0.343. The van der Waals surface area contributed by atoms with Gasteiger partial charge < -0.3 is 15.3 Å². The Hall–Kier alpha value is -1.10. The van der Waals surface area contributed by atoms with Gasteiger partial charge in [0.2, 0.25) is 0 Å². The molecular formula is C87H176O5. The van der Waals surface area contributed by atoms with E-state index < -0.39 is 11.9 Å². The number of aliphatic carboxylic acids is 2. The standard InChI is InChI=1S/C45H90O2.C30H62O.C12H24O2/c1-4-7-10-13-16-20-25-30-35-40-45(41-36-31-26-21-17-14-11-8-5-2,42-37-32-27-22-18-15-12-9-6-3)43-38-33-28-23-19-24-29-34-39-44(46)47;1-2-3-4-5-6-7-8-9-10-11-12-13-14-15-16-17-18-19-20-21-22-23-24-25-26-27-28-29-30-31;1-2-3-4-5-6-7-8-9-10-11-12(13)14/h4-43H2,1-3H3,(H,46,47);31H,2-30H2,1H3;2-11H2,1H3,(H,13,14). The summed E-state index contributed by atoms with van der Waals surface area (Å²) in [5.74, 6) is -1.30. The van der Waals surface area contributed by atoms with Gasteiger partial charge in [0, 0.05) is 19.4 Å². The fourth-order valence-electron chi connectivity index (χ4n) is 14.4. The smallest absolute Gasteiger partial charge is 0.303 e. The van der Waals surface area contributed by atoms with Crippen molar-refractivity contribution in [2.45, 2.75) is 535 Å². The Kier molecular flexibility index (Phi) is 90.9. The number of rotatable bonds is 79. The Bertz CT molecular complexity index is 1220. The summed E-state index contributed by atoms with van der Waals surface area (Å²) >= 11 is 0. The van der Waals surface area contributed by atoms with E-state index in [0.717, 1.165) is 32.1 Å². The van der Waals surface area contributed by atoms with Crippen LogP contribution in [-0.2, 0) is 9.59 Å². The van der Waals surface area contributed by atoms with Gasteiger partial charge >= 0.3 is 11.9 Å². The average molecular weight is 1300 g/mol. The number of carboxylic acids is 2. The summed E-state index contributed by atoms with van der Waals surface area (Å²) in [7, 11) is 0. The Morgan fingerprint density at radius 3 is 0.435 bits per heavy atom. The number of unbranched alkanes of at least 4 members (excludes halogenated alkanes) is 66. The number of hydrogen-bond acceptors (Lipinski definition) is 3. The number of aliphatic hydroxyl groups is 1. The minimum atomic E-state index is -0.659. The molecule has 0 aromatic rings. The first kappa shape index (κ1) is 95.1. The van der Waals surface area contributed by atoms with Crippen LogP contribution in [0.25, 0.3) is 0 Å². The molecule has 0 aromatic heterocycles. The molecule has 0 saturated carbocycles. The Labute approximate surface area is 581 Å². The lowest BCUT2D eigenvalue weighted by Gasteiger charge is -2.35. The van der Waals surface area contributed by atoms with Crippen LogP contribution >= 0.6 is 0 Å². The van der Waals surface area contributed by atoms with Crippen molar-refractivity contribution in [3.05, 3.63) is 0 Å². The highest BCUT2D eigenvalue weighted by Crippen LogP contribution is 2.42. The summed E-state index contributed by atoms with van der Waals surface area (Å²) in [6.07, 6.45) is 107. The lowest BCUT2D eigenvalue weighted by atomic mass is 9.70. The predicted molar refractivity (Wildman–Crippen MR) is 413 cm³/mol. The van der Waals surface area contributed by atoms with Gasteiger partial charge in [0.15, 0.2) is 0 Å². The molecule has 554 valence electrons. The summed E-state index contributed by atoms with van der Waals surface area (Å²) in [5, 5.41) is 26.0. The van der Waals surface area contributed by atoms with Gasteiger partial charge in [-0.2, -0.15) is 0 Å². The van der Waals surface area contributed by atoms with Crippen molar-refractivity contribution in [3.63, 3.8) is 0 Å². The number of carboxylic acid groups (broad SMARTS) is 2. The second-order valence-electron chi connectivity index (χ2n) is 30.2. The quantitative estimate of drug-likeness (QED) is 0.0528. The molecule has 3 N–H and O–H groups in total. The van der Waals surface area contributed by atoms with Crippen molar-refractivity contribution in [1.29, 1.82) is 0 Å². The van der Waals surface area contributed by atoms with E-state index in [-0.39, 0.29) is 0 Å². The second kappa shape index (κ2) is 87.9. The first-order valence-corrected chi connectivity index (χ1v) is 43.3. The highest BCUT2D eigenvalue weighted by molar-refractivity contribution is 5.66. The van der Waals surface area contributed by atoms with Gasteiger partial charge in [0.25, 0.3) is 0 Å². The molecule has 0 amide bonds. The lowest BCUT2D eigenvalue weighted by molar-refractivity contribution is -0.138. The van der Waals surface area contributed by atoms with E-state index in [1.165, 1.54) is 456 Å². The van der Waals surface area contributed by atoms with Crippen LogP contribution in [-0.4, -0.2) is 33.9 Å². The monoisotopic (exact) mass is 1300 g/mol. The van der Waals surface area contributed by atoms with Crippen molar-refractivity contribution in [2.24, 2.45) is 5.41 Å². The third-order valence-electron chi connectivity index (χ3n) is 20.8. The van der Waals surface area contributed by atoms with Gasteiger partial charge in [0.05, 0.1) is 0 Å². The highest BCUT2D eigenvalue weighted by Gasteiger charge is 2.28. The van der Waals surface area contributed by atoms with E-state index in [4.69, 9.17) is 15.3 Å². The summed E-state index contributed by atoms with van der Waals surface area (Å²) in [6.45, 7) is 11.9. The molecule has 0 heterocycles. The van der Waals surface area contributed by atoms with Crippen LogP contribution in [0.4, 0.5) is 0 Å². The van der Waals surface area contributed by atoms with Crippen LogP contribution in [0, 0.1) is 5.41 Å². The van der Waals surface area contributed by atoms with Gasteiger partial charge in [-0.3, -0.25) is 9.59 Å². The van der Waals surface area contributed by atoms with E-state index in [0.29, 0.717) is 24.9 Å². The zero-order valence-electron chi connectivity index (χ0n) is 64.5. The second-order valence-corrected chi connectivity index (χ2v) is 30.2. The number of aliphatic hydroxyl groups excluding tert-OH is 1. The van der Waals surface area contributed by atoms with Crippen LogP contribution < -0.4 is 0 Å². The van der Waals surface area contributed by atoms with E-state index in [1.807, 2.05) is 0 Å². The maximum atomic E-state index is 10.8. The summed E-state index contributed by atoms with van der Waals surface area (Å²) in [6, 6.07) is 0. The molecule has 0 aliphatic carbocycles. The first-order valence-electron chi connectivity index (χ1n) is 43.3. The molecule has 0 aliphatic rings. The van der Waals surface area contributed by atoms with Gasteiger partial charge in [-0.05, 0) is 50.4 Å². The van der Waals surface area contributed by atoms with Crippen LogP contribution in [0.5, 0.6) is 0 Å². The summed E-state index contributed by atoms with van der Waals surface area (Å²) in [4.78, 5) is 21.0. The molecule has 0 aromatic carbocycles. The van der Waals surface area contributed by atoms with Gasteiger partial charge in [-0.15, -0.1) is 0 Å². The molecule has 0 bridgehead atoms. The predicted octanol–water partition coefficient (Wildman–Crippen LogP) is 31.6. The minimum Gasteiger partial charge on any atom is -0.481 e. The molecule has 0 saturated heterocycles. The van der Waals surface area contributed by atoms with Crippen molar-refractivity contribution in [2.75, 3.05) is 6.61 Å². The van der Waals surface area contributed by atoms with Crippen molar-refractivity contribution in [3.8, 4) is 0 Å². The third-order valence-corrected chi connectivity index (χ3v) is 20.8. The molecule has 5 nitrogen and oxygen atoms in total. The molecule has 0 aliphatic heterocycles. The van der Waals surface area contributed by atoms with Gasteiger partial charge in [0.1, 0.15) is 0 Å². The molecule has 0 unspecified atom stereocenters. The molecule has 5 heteroatoms. The van der Waals surface area contributed by atoms with Crippen LogP contribution in [0.1, 0.15) is 535 Å². The number of carbonyl (C=O) groups is 2. The molecule has 0 fully saturated rings. The summed E-state index contributed by atoms with van der Waals surface area (Å²) < 4.78 is 0. The van der Waals surface area contributed by atoms with E-state index in [1.54, 1.807) is 0 Å². The van der Waals surface area contributed by atoms with E-state index in [2.05, 4.69) is 34.6 Å². The van der Waals surface area contributed by atoms with Crippen molar-refractivity contribution < 1.29 is 24.9 Å². The molecule has 0 atom stereocenters. The molecule has 0 spiro atoms. The topological polar surface area (TPSA) is 94.8 Å². The van der Waals surface area contributed by atoms with Crippen LogP contribution in [0.15, 0.2) is 0 Å². The molecule has 0 radical (unpaired) electrons. The normalized spacial score (nSPS) is 11.5. The molecular weight excluding hydrogens is 1120 g/mol. The largest absolute Gasteiger partial charge is 0.481 e. The molecule has 0 rings (SSSR count). The summed E-state index contributed by atoms with van der Waals surface area (Å²) in [5.41, 5.74) is 0.611. The zero-order chi connectivity index (χ0) is 67.5. The third kappa shape index (κ3) is 88.9. The van der Waals surface area contributed by atoms with Gasteiger partial charge in [-0.25, -0.2) is 0 Å². The highest BCUT2D eigenvalue weighted by atomic mass is 16.4. The first-order chi connectivity index (χ1) is 45.3. The molecule has 92 heavy (non-hydrogen) atoms. The Morgan fingerprint density at radius 2 is 0.304 bits per heavy atom.